The number of aryl methyl sites for hydroxylation is 1. The lowest BCUT2D eigenvalue weighted by molar-refractivity contribution is 0.222. The van der Waals surface area contributed by atoms with Gasteiger partial charge in [-0.2, -0.15) is 0 Å². The quantitative estimate of drug-likeness (QED) is 0.905. The zero-order valence-electron chi connectivity index (χ0n) is 12.1. The molecule has 0 unspecified atom stereocenters. The molecule has 21 heavy (non-hydrogen) atoms. The molecule has 4 nitrogen and oxygen atoms in total. The Morgan fingerprint density at radius 1 is 1.33 bits per heavy atom. The monoisotopic (exact) mass is 301 g/mol. The zero-order chi connectivity index (χ0) is 14.7. The second kappa shape index (κ2) is 5.85. The van der Waals surface area contributed by atoms with Crippen molar-refractivity contribution in [3.63, 3.8) is 0 Å². The summed E-state index contributed by atoms with van der Waals surface area (Å²) in [5.41, 5.74) is 2.36. The highest BCUT2D eigenvalue weighted by Crippen LogP contribution is 2.43. The van der Waals surface area contributed by atoms with E-state index in [9.17, 15) is 4.79 Å². The highest BCUT2D eigenvalue weighted by atomic mass is 32.1. The fraction of sp³-hybridized carbons (Fsp3) is 0.375. The first kappa shape index (κ1) is 14.1. The van der Waals surface area contributed by atoms with Crippen LogP contribution in [0.15, 0.2) is 35.7 Å². The summed E-state index contributed by atoms with van der Waals surface area (Å²) in [6, 6.07) is 10.3. The summed E-state index contributed by atoms with van der Waals surface area (Å²) < 4.78 is 0. The second-order valence-electron chi connectivity index (χ2n) is 5.60. The molecular formula is C16H19N3OS. The number of anilines is 1. The van der Waals surface area contributed by atoms with Gasteiger partial charge < -0.3 is 5.32 Å². The Hall–Kier alpha value is -1.88. The van der Waals surface area contributed by atoms with Gasteiger partial charge in [-0.1, -0.05) is 36.8 Å². The third kappa shape index (κ3) is 3.08. The first-order valence-corrected chi connectivity index (χ1v) is 8.08. The molecule has 1 aliphatic rings. The minimum Gasteiger partial charge on any atom is -0.337 e. The highest BCUT2D eigenvalue weighted by Gasteiger charge is 2.38. The molecule has 3 rings (SSSR count). The van der Waals surface area contributed by atoms with Crippen LogP contribution in [0.2, 0.25) is 0 Å². The van der Waals surface area contributed by atoms with Crippen LogP contribution >= 0.6 is 11.3 Å². The van der Waals surface area contributed by atoms with E-state index in [2.05, 4.69) is 39.9 Å². The number of nitrogens with one attached hydrogen (secondary N) is 2. The van der Waals surface area contributed by atoms with E-state index in [0.717, 1.165) is 18.5 Å². The van der Waals surface area contributed by atoms with Crippen LogP contribution in [0.25, 0.3) is 0 Å². The van der Waals surface area contributed by atoms with Gasteiger partial charge in [0.25, 0.3) is 0 Å². The molecule has 0 bridgehead atoms. The fourth-order valence-electron chi connectivity index (χ4n) is 2.76. The SMILES string of the molecule is Cc1csc(NC(=O)NCC2(c3ccccc3)CCC2)n1. The second-order valence-corrected chi connectivity index (χ2v) is 6.46. The molecule has 1 fully saturated rings. The van der Waals surface area contributed by atoms with E-state index < -0.39 is 0 Å². The number of nitrogens with zero attached hydrogens (tertiary/aromatic N) is 1. The van der Waals surface area contributed by atoms with Crippen LogP contribution in [0.4, 0.5) is 9.93 Å². The van der Waals surface area contributed by atoms with Gasteiger partial charge in [0.1, 0.15) is 0 Å². The van der Waals surface area contributed by atoms with Crippen molar-refractivity contribution in [3.05, 3.63) is 47.0 Å². The molecule has 2 N–H and O–H groups in total. The maximum Gasteiger partial charge on any atom is 0.321 e. The van der Waals surface area contributed by atoms with Crippen LogP contribution < -0.4 is 10.6 Å². The molecule has 1 aromatic heterocycles. The number of amides is 2. The van der Waals surface area contributed by atoms with Crippen LogP contribution in [0, 0.1) is 6.92 Å². The molecule has 0 saturated heterocycles. The molecule has 1 aromatic carbocycles. The van der Waals surface area contributed by atoms with Gasteiger partial charge in [-0.15, -0.1) is 11.3 Å². The predicted molar refractivity (Wildman–Crippen MR) is 85.8 cm³/mol. The van der Waals surface area contributed by atoms with Crippen molar-refractivity contribution in [3.8, 4) is 0 Å². The van der Waals surface area contributed by atoms with E-state index in [0.29, 0.717) is 11.7 Å². The number of hydrogen-bond donors (Lipinski definition) is 2. The summed E-state index contributed by atoms with van der Waals surface area (Å²) >= 11 is 1.44. The Morgan fingerprint density at radius 2 is 2.10 bits per heavy atom. The van der Waals surface area contributed by atoms with Crippen molar-refractivity contribution in [2.75, 3.05) is 11.9 Å². The average Bonchev–Trinajstić information content (AvgIpc) is 2.84. The van der Waals surface area contributed by atoms with E-state index in [1.165, 1.54) is 23.3 Å². The van der Waals surface area contributed by atoms with Crippen LogP contribution in [0.3, 0.4) is 0 Å². The molecule has 5 heteroatoms. The molecule has 2 aromatic rings. The minimum atomic E-state index is -0.174. The van der Waals surface area contributed by atoms with Crippen molar-refractivity contribution >= 4 is 22.5 Å². The Balaban J connectivity index is 1.59. The summed E-state index contributed by atoms with van der Waals surface area (Å²) in [5, 5.41) is 8.36. The molecular weight excluding hydrogens is 282 g/mol. The van der Waals surface area contributed by atoms with Crippen LogP contribution in [-0.4, -0.2) is 17.6 Å². The van der Waals surface area contributed by atoms with Gasteiger partial charge in [0.2, 0.25) is 0 Å². The average molecular weight is 301 g/mol. The normalized spacial score (nSPS) is 16.0. The van der Waals surface area contributed by atoms with E-state index in [-0.39, 0.29) is 11.4 Å². The number of aromatic nitrogens is 1. The first-order chi connectivity index (χ1) is 10.2. The van der Waals surface area contributed by atoms with Crippen LogP contribution in [0.5, 0.6) is 0 Å². The van der Waals surface area contributed by atoms with Crippen molar-refractivity contribution < 1.29 is 4.79 Å². The van der Waals surface area contributed by atoms with Crippen molar-refractivity contribution in [1.29, 1.82) is 0 Å². The largest absolute Gasteiger partial charge is 0.337 e. The molecule has 0 radical (unpaired) electrons. The summed E-state index contributed by atoms with van der Waals surface area (Å²) in [5.74, 6) is 0. The molecule has 110 valence electrons. The van der Waals surface area contributed by atoms with Gasteiger partial charge in [-0.3, -0.25) is 5.32 Å². The topological polar surface area (TPSA) is 54.0 Å². The van der Waals surface area contributed by atoms with E-state index >= 15 is 0 Å². The lowest BCUT2D eigenvalue weighted by atomic mass is 9.64. The maximum atomic E-state index is 12.0. The molecule has 1 saturated carbocycles. The van der Waals surface area contributed by atoms with Gasteiger partial charge >= 0.3 is 6.03 Å². The van der Waals surface area contributed by atoms with Gasteiger partial charge in [0.15, 0.2) is 5.13 Å². The number of thiazole rings is 1. The van der Waals surface area contributed by atoms with E-state index in [1.807, 2.05) is 18.4 Å². The number of hydrogen-bond acceptors (Lipinski definition) is 3. The number of carbonyl (C=O) groups is 1. The van der Waals surface area contributed by atoms with Crippen LogP contribution in [0.1, 0.15) is 30.5 Å². The molecule has 1 aliphatic carbocycles. The summed E-state index contributed by atoms with van der Waals surface area (Å²) in [4.78, 5) is 16.2. The number of rotatable bonds is 4. The Kier molecular flexibility index (Phi) is 3.92. The van der Waals surface area contributed by atoms with E-state index in [1.54, 1.807) is 0 Å². The van der Waals surface area contributed by atoms with Crippen LogP contribution in [-0.2, 0) is 5.41 Å². The number of urea groups is 1. The Morgan fingerprint density at radius 3 is 2.67 bits per heavy atom. The highest BCUT2D eigenvalue weighted by molar-refractivity contribution is 7.13. The molecule has 2 amide bonds. The van der Waals surface area contributed by atoms with Crippen molar-refractivity contribution in [1.82, 2.24) is 10.3 Å². The smallest absolute Gasteiger partial charge is 0.321 e. The molecule has 0 spiro atoms. The summed E-state index contributed by atoms with van der Waals surface area (Å²) in [6.45, 7) is 2.59. The zero-order valence-corrected chi connectivity index (χ0v) is 12.9. The molecule has 0 atom stereocenters. The van der Waals surface area contributed by atoms with Crippen molar-refractivity contribution in [2.45, 2.75) is 31.6 Å². The summed E-state index contributed by atoms with van der Waals surface area (Å²) in [6.07, 6.45) is 3.49. The first-order valence-electron chi connectivity index (χ1n) is 7.20. The number of carbonyl (C=O) groups excluding carboxylic acids is 1. The minimum absolute atomic E-state index is 0.109. The van der Waals surface area contributed by atoms with Crippen molar-refractivity contribution in [2.24, 2.45) is 0 Å². The fourth-order valence-corrected chi connectivity index (χ4v) is 3.45. The number of benzene rings is 1. The van der Waals surface area contributed by atoms with Gasteiger partial charge in [0, 0.05) is 17.3 Å². The van der Waals surface area contributed by atoms with Gasteiger partial charge in [-0.05, 0) is 25.3 Å². The van der Waals surface area contributed by atoms with Gasteiger partial charge in [-0.25, -0.2) is 9.78 Å². The molecule has 1 heterocycles. The lowest BCUT2D eigenvalue weighted by Crippen LogP contribution is -2.46. The summed E-state index contributed by atoms with van der Waals surface area (Å²) in [7, 11) is 0. The van der Waals surface area contributed by atoms with Gasteiger partial charge in [0.05, 0.1) is 5.69 Å². The van der Waals surface area contributed by atoms with E-state index in [4.69, 9.17) is 0 Å². The third-order valence-electron chi connectivity index (χ3n) is 4.12. The Labute approximate surface area is 128 Å². The standard InChI is InChI=1S/C16H19N3OS/c1-12-10-21-15(18-12)19-14(20)17-11-16(8-5-9-16)13-6-3-2-4-7-13/h2-4,6-7,10H,5,8-9,11H2,1H3,(H2,17,18,19,20). The molecule has 0 aliphatic heterocycles. The maximum absolute atomic E-state index is 12.0. The third-order valence-corrected chi connectivity index (χ3v) is 5.00. The lowest BCUT2D eigenvalue weighted by Gasteiger charge is -2.42. The Bertz CT molecular complexity index is 619. The predicted octanol–water partition coefficient (Wildman–Crippen LogP) is 3.69.